The number of benzene rings is 3. The molecule has 0 saturated carbocycles. The van der Waals surface area contributed by atoms with E-state index in [4.69, 9.17) is 18.9 Å². The summed E-state index contributed by atoms with van der Waals surface area (Å²) in [6.45, 7) is -0.00901. The Morgan fingerprint density at radius 2 is 1.56 bits per heavy atom. The lowest BCUT2D eigenvalue weighted by molar-refractivity contribution is 0.0549. The van der Waals surface area contributed by atoms with E-state index in [2.05, 4.69) is 5.10 Å². The van der Waals surface area contributed by atoms with Crippen LogP contribution in [0.15, 0.2) is 72.8 Å². The minimum absolute atomic E-state index is 0.00901. The van der Waals surface area contributed by atoms with E-state index < -0.39 is 11.9 Å². The molecule has 0 saturated heterocycles. The maximum absolute atomic E-state index is 14.0. The summed E-state index contributed by atoms with van der Waals surface area (Å²) >= 11 is 0. The second-order valence-corrected chi connectivity index (χ2v) is 7.55. The van der Waals surface area contributed by atoms with Crippen molar-refractivity contribution in [1.29, 1.82) is 0 Å². The molecule has 184 valence electrons. The first-order chi connectivity index (χ1) is 17.5. The number of halogens is 1. The first-order valence-corrected chi connectivity index (χ1v) is 10.9. The van der Waals surface area contributed by atoms with Crippen molar-refractivity contribution in [2.75, 3.05) is 21.3 Å². The zero-order valence-corrected chi connectivity index (χ0v) is 19.9. The monoisotopic (exact) mass is 490 g/mol. The van der Waals surface area contributed by atoms with E-state index in [0.29, 0.717) is 28.3 Å². The SMILES string of the molecule is COC(=O)c1c(-c2ccc(OCc3ccccc3F)c(OC)c2)nn(-c2ccccc2)c1C(=O)OC. The second kappa shape index (κ2) is 10.7. The molecule has 0 amide bonds. The Hall–Kier alpha value is -4.66. The Kier molecular flexibility index (Phi) is 7.29. The third kappa shape index (κ3) is 4.76. The van der Waals surface area contributed by atoms with Gasteiger partial charge in [0.25, 0.3) is 0 Å². The molecular weight excluding hydrogens is 467 g/mol. The van der Waals surface area contributed by atoms with Crippen molar-refractivity contribution in [2.24, 2.45) is 0 Å². The lowest BCUT2D eigenvalue weighted by Crippen LogP contribution is -2.15. The Bertz CT molecular complexity index is 1400. The van der Waals surface area contributed by atoms with E-state index >= 15 is 0 Å². The van der Waals surface area contributed by atoms with Crippen LogP contribution in [-0.2, 0) is 16.1 Å². The summed E-state index contributed by atoms with van der Waals surface area (Å²) in [4.78, 5) is 25.6. The lowest BCUT2D eigenvalue weighted by atomic mass is 10.0. The Balaban J connectivity index is 1.81. The number of carbonyl (C=O) groups excluding carboxylic acids is 2. The van der Waals surface area contributed by atoms with Crippen LogP contribution in [0, 0.1) is 5.82 Å². The van der Waals surface area contributed by atoms with Gasteiger partial charge in [0.05, 0.1) is 27.0 Å². The van der Waals surface area contributed by atoms with Crippen LogP contribution < -0.4 is 9.47 Å². The summed E-state index contributed by atoms with van der Waals surface area (Å²) in [6.07, 6.45) is 0. The molecule has 0 spiro atoms. The van der Waals surface area contributed by atoms with Crippen molar-refractivity contribution in [3.8, 4) is 28.4 Å². The summed E-state index contributed by atoms with van der Waals surface area (Å²) in [5.41, 5.74) is 1.45. The number of esters is 2. The van der Waals surface area contributed by atoms with Gasteiger partial charge in [0, 0.05) is 11.1 Å². The van der Waals surface area contributed by atoms with Crippen LogP contribution in [0.3, 0.4) is 0 Å². The fraction of sp³-hybridized carbons (Fsp3) is 0.148. The predicted molar refractivity (Wildman–Crippen MR) is 129 cm³/mol. The number of hydrogen-bond donors (Lipinski definition) is 0. The molecule has 36 heavy (non-hydrogen) atoms. The molecule has 9 heteroatoms. The van der Waals surface area contributed by atoms with Gasteiger partial charge in [0.15, 0.2) is 17.2 Å². The predicted octanol–water partition coefficient (Wildman–Crippen LogP) is 4.84. The van der Waals surface area contributed by atoms with Gasteiger partial charge in [-0.3, -0.25) is 0 Å². The summed E-state index contributed by atoms with van der Waals surface area (Å²) < 4.78 is 36.5. The highest BCUT2D eigenvalue weighted by atomic mass is 19.1. The third-order valence-corrected chi connectivity index (χ3v) is 5.43. The average Bonchev–Trinajstić information content (AvgIpc) is 3.33. The van der Waals surface area contributed by atoms with Gasteiger partial charge in [-0.15, -0.1) is 0 Å². The molecule has 8 nitrogen and oxygen atoms in total. The zero-order chi connectivity index (χ0) is 25.7. The van der Waals surface area contributed by atoms with Crippen molar-refractivity contribution in [2.45, 2.75) is 6.61 Å². The van der Waals surface area contributed by atoms with E-state index in [0.717, 1.165) is 0 Å². The topological polar surface area (TPSA) is 88.9 Å². The van der Waals surface area contributed by atoms with Crippen LogP contribution in [-0.4, -0.2) is 43.0 Å². The van der Waals surface area contributed by atoms with Crippen molar-refractivity contribution >= 4 is 11.9 Å². The molecular formula is C27H23FN2O6. The maximum Gasteiger partial charge on any atom is 0.357 e. The van der Waals surface area contributed by atoms with Gasteiger partial charge in [-0.25, -0.2) is 18.7 Å². The molecule has 0 bridgehead atoms. The molecule has 0 aliphatic heterocycles. The Labute approximate surface area is 206 Å². The van der Waals surface area contributed by atoms with Crippen LogP contribution in [0.5, 0.6) is 11.5 Å². The number of hydrogen-bond acceptors (Lipinski definition) is 7. The molecule has 0 atom stereocenters. The van der Waals surface area contributed by atoms with Gasteiger partial charge in [0.2, 0.25) is 0 Å². The highest BCUT2D eigenvalue weighted by Gasteiger charge is 2.31. The second-order valence-electron chi connectivity index (χ2n) is 7.55. The maximum atomic E-state index is 14.0. The molecule has 1 aromatic heterocycles. The molecule has 4 rings (SSSR count). The van der Waals surface area contributed by atoms with Gasteiger partial charge in [-0.05, 0) is 36.4 Å². The van der Waals surface area contributed by atoms with Crippen molar-refractivity contribution < 1.29 is 32.9 Å². The first kappa shape index (κ1) is 24.5. The quantitative estimate of drug-likeness (QED) is 0.327. The standard InChI is InChI=1S/C27H23FN2O6/c1-33-22-15-17(13-14-21(22)36-16-18-9-7-8-12-20(18)28)24-23(26(31)34-2)25(27(32)35-3)30(29-24)19-10-5-4-6-11-19/h4-15H,16H2,1-3H3. The average molecular weight is 490 g/mol. The molecule has 1 heterocycles. The van der Waals surface area contributed by atoms with Gasteiger partial charge in [-0.1, -0.05) is 36.4 Å². The smallest absolute Gasteiger partial charge is 0.357 e. The van der Waals surface area contributed by atoms with E-state index in [1.54, 1.807) is 60.7 Å². The van der Waals surface area contributed by atoms with Gasteiger partial charge >= 0.3 is 11.9 Å². The molecule has 0 fully saturated rings. The number of ether oxygens (including phenoxy) is 4. The zero-order valence-electron chi connectivity index (χ0n) is 19.9. The van der Waals surface area contributed by atoms with Crippen LogP contribution >= 0.6 is 0 Å². The van der Waals surface area contributed by atoms with Gasteiger partial charge in [-0.2, -0.15) is 5.10 Å². The molecule has 0 N–H and O–H groups in total. The summed E-state index contributed by atoms with van der Waals surface area (Å²) in [6, 6.07) is 20.1. The highest BCUT2D eigenvalue weighted by Crippen LogP contribution is 2.36. The van der Waals surface area contributed by atoms with Crippen molar-refractivity contribution in [3.63, 3.8) is 0 Å². The summed E-state index contributed by atoms with van der Waals surface area (Å²) in [7, 11) is 3.89. The first-order valence-electron chi connectivity index (χ1n) is 10.9. The molecule has 0 aliphatic rings. The Morgan fingerprint density at radius 3 is 2.22 bits per heavy atom. The third-order valence-electron chi connectivity index (χ3n) is 5.43. The highest BCUT2D eigenvalue weighted by molar-refractivity contribution is 6.06. The minimum atomic E-state index is -0.758. The van der Waals surface area contributed by atoms with E-state index in [1.807, 2.05) is 6.07 Å². The number of nitrogens with zero attached hydrogens (tertiary/aromatic N) is 2. The van der Waals surface area contributed by atoms with Crippen LogP contribution in [0.4, 0.5) is 4.39 Å². The number of para-hydroxylation sites is 1. The Morgan fingerprint density at radius 1 is 0.861 bits per heavy atom. The molecule has 4 aromatic rings. The van der Waals surface area contributed by atoms with E-state index in [9.17, 15) is 14.0 Å². The van der Waals surface area contributed by atoms with Gasteiger partial charge in [0.1, 0.15) is 23.7 Å². The molecule has 0 radical (unpaired) electrons. The van der Waals surface area contributed by atoms with Crippen LogP contribution in [0.25, 0.3) is 16.9 Å². The summed E-state index contributed by atoms with van der Waals surface area (Å²) in [5.74, 6) is -1.20. The van der Waals surface area contributed by atoms with Crippen LogP contribution in [0.2, 0.25) is 0 Å². The largest absolute Gasteiger partial charge is 0.493 e. The van der Waals surface area contributed by atoms with E-state index in [-0.39, 0.29) is 29.4 Å². The van der Waals surface area contributed by atoms with Gasteiger partial charge < -0.3 is 18.9 Å². The van der Waals surface area contributed by atoms with Crippen LogP contribution in [0.1, 0.15) is 26.4 Å². The number of carbonyl (C=O) groups is 2. The summed E-state index contributed by atoms with van der Waals surface area (Å²) in [5, 5.41) is 4.57. The number of methoxy groups -OCH3 is 3. The van der Waals surface area contributed by atoms with E-state index in [1.165, 1.54) is 32.1 Å². The normalized spacial score (nSPS) is 10.6. The fourth-order valence-electron chi connectivity index (χ4n) is 3.66. The fourth-order valence-corrected chi connectivity index (χ4v) is 3.66. The van der Waals surface area contributed by atoms with Crippen molar-refractivity contribution in [3.05, 3.63) is 95.4 Å². The lowest BCUT2D eigenvalue weighted by Gasteiger charge is -2.12. The molecule has 0 aliphatic carbocycles. The van der Waals surface area contributed by atoms with Crippen molar-refractivity contribution in [1.82, 2.24) is 9.78 Å². The number of rotatable bonds is 8. The minimum Gasteiger partial charge on any atom is -0.493 e. The molecule has 3 aromatic carbocycles. The number of aromatic nitrogens is 2. The molecule has 0 unspecified atom stereocenters.